The minimum absolute atomic E-state index is 0.0482. The minimum Gasteiger partial charge on any atom is -0.311 e. The van der Waals surface area contributed by atoms with Crippen molar-refractivity contribution in [3.63, 3.8) is 0 Å². The summed E-state index contributed by atoms with van der Waals surface area (Å²) < 4.78 is 28.7. The molecule has 1 saturated heterocycles. The molecule has 2 aliphatic rings. The van der Waals surface area contributed by atoms with Crippen molar-refractivity contribution < 1.29 is 18.4 Å². The van der Waals surface area contributed by atoms with Crippen molar-refractivity contribution in [3.8, 4) is 0 Å². The van der Waals surface area contributed by atoms with Gasteiger partial charge in [-0.1, -0.05) is 48.5 Å². The summed E-state index contributed by atoms with van der Waals surface area (Å²) in [6.07, 6.45) is 0. The highest BCUT2D eigenvalue weighted by Crippen LogP contribution is 2.54. The Labute approximate surface area is 182 Å². The van der Waals surface area contributed by atoms with Crippen LogP contribution in [0.1, 0.15) is 21.5 Å². The summed E-state index contributed by atoms with van der Waals surface area (Å²) in [4.78, 5) is 28.9. The number of fused-ring (bicyclic) bond motifs is 2. The molecule has 0 bridgehead atoms. The first-order chi connectivity index (χ1) is 15.0. The number of anilines is 1. The number of para-hydroxylation sites is 1. The highest BCUT2D eigenvalue weighted by Gasteiger charge is 2.59. The van der Waals surface area contributed by atoms with Gasteiger partial charge in [0.15, 0.2) is 4.87 Å². The fourth-order valence-corrected chi connectivity index (χ4v) is 5.76. The molecular weight excluding hydrogens is 418 g/mol. The van der Waals surface area contributed by atoms with E-state index in [0.717, 1.165) is 0 Å². The Balaban J connectivity index is 1.60. The van der Waals surface area contributed by atoms with Gasteiger partial charge >= 0.3 is 0 Å². The Bertz CT molecular complexity index is 1200. The smallest absolute Gasteiger partial charge is 0.268 e. The monoisotopic (exact) mass is 436 g/mol. The first kappa shape index (κ1) is 19.8. The molecule has 0 N–H and O–H groups in total. The Kier molecular flexibility index (Phi) is 4.78. The maximum absolute atomic E-state index is 14.4. The standard InChI is InChI=1S/C24H18F2N2O2S/c25-19-10-4-1-7-16(19)15-27-21-12-6-3-9-18(21)24(23(27)30)28(13-14-31-24)22(29)17-8-2-5-11-20(17)26/h1-12H,13-15H2. The van der Waals surface area contributed by atoms with Crippen LogP contribution >= 0.6 is 11.8 Å². The van der Waals surface area contributed by atoms with Crippen LogP contribution in [0.5, 0.6) is 0 Å². The number of nitrogens with zero attached hydrogens (tertiary/aromatic N) is 2. The topological polar surface area (TPSA) is 40.6 Å². The SMILES string of the molecule is O=C(c1ccccc1F)N1CCSC12C(=O)N(Cc1ccccc1F)c1ccccc12. The van der Waals surface area contributed by atoms with Crippen LogP contribution in [-0.4, -0.2) is 29.0 Å². The summed E-state index contributed by atoms with van der Waals surface area (Å²) in [5, 5.41) is 0. The zero-order chi connectivity index (χ0) is 21.6. The molecule has 156 valence electrons. The van der Waals surface area contributed by atoms with Crippen LogP contribution in [0.4, 0.5) is 14.5 Å². The first-order valence-electron chi connectivity index (χ1n) is 9.89. The molecule has 0 radical (unpaired) electrons. The maximum Gasteiger partial charge on any atom is 0.268 e. The van der Waals surface area contributed by atoms with Crippen molar-refractivity contribution in [1.29, 1.82) is 0 Å². The first-order valence-corrected chi connectivity index (χ1v) is 10.9. The van der Waals surface area contributed by atoms with E-state index in [1.807, 2.05) is 18.2 Å². The summed E-state index contributed by atoms with van der Waals surface area (Å²) in [7, 11) is 0. The van der Waals surface area contributed by atoms with Gasteiger partial charge in [0.05, 0.1) is 17.8 Å². The molecule has 2 heterocycles. The molecule has 3 aromatic carbocycles. The molecule has 0 aliphatic carbocycles. The van der Waals surface area contributed by atoms with Crippen molar-refractivity contribution in [2.75, 3.05) is 17.2 Å². The van der Waals surface area contributed by atoms with E-state index in [2.05, 4.69) is 0 Å². The largest absolute Gasteiger partial charge is 0.311 e. The van der Waals surface area contributed by atoms with Crippen molar-refractivity contribution in [2.45, 2.75) is 11.4 Å². The van der Waals surface area contributed by atoms with E-state index < -0.39 is 22.4 Å². The van der Waals surface area contributed by atoms with Crippen molar-refractivity contribution in [1.82, 2.24) is 4.90 Å². The van der Waals surface area contributed by atoms with E-state index in [1.54, 1.807) is 30.3 Å². The molecule has 7 heteroatoms. The Morgan fingerprint density at radius 3 is 2.39 bits per heavy atom. The lowest BCUT2D eigenvalue weighted by molar-refractivity contribution is -0.123. The fraction of sp³-hybridized carbons (Fsp3) is 0.167. The third kappa shape index (κ3) is 2.95. The number of thioether (sulfide) groups is 1. The summed E-state index contributed by atoms with van der Waals surface area (Å²) in [5.74, 6) is -1.33. The van der Waals surface area contributed by atoms with Gasteiger partial charge in [0.2, 0.25) is 0 Å². The summed E-state index contributed by atoms with van der Waals surface area (Å²) >= 11 is 1.36. The van der Waals surface area contributed by atoms with Gasteiger partial charge < -0.3 is 9.80 Å². The molecule has 0 saturated carbocycles. The van der Waals surface area contributed by atoms with E-state index in [-0.39, 0.29) is 18.0 Å². The van der Waals surface area contributed by atoms with Gasteiger partial charge in [-0.05, 0) is 24.3 Å². The number of amides is 2. The second-order valence-corrected chi connectivity index (χ2v) is 8.72. The molecule has 1 atom stereocenters. The van der Waals surface area contributed by atoms with E-state index in [4.69, 9.17) is 0 Å². The molecule has 4 nitrogen and oxygen atoms in total. The highest BCUT2D eigenvalue weighted by atomic mass is 32.2. The van der Waals surface area contributed by atoms with Crippen molar-refractivity contribution in [3.05, 3.63) is 101 Å². The molecule has 31 heavy (non-hydrogen) atoms. The average molecular weight is 436 g/mol. The number of halogens is 2. The van der Waals surface area contributed by atoms with Crippen LogP contribution < -0.4 is 4.90 Å². The Hall–Kier alpha value is -3.19. The van der Waals surface area contributed by atoms with Crippen LogP contribution in [0.3, 0.4) is 0 Å². The third-order valence-corrected chi connectivity index (χ3v) is 7.16. The third-order valence-electron chi connectivity index (χ3n) is 5.74. The number of carbonyl (C=O) groups excluding carboxylic acids is 2. The van der Waals surface area contributed by atoms with E-state index >= 15 is 0 Å². The summed E-state index contributed by atoms with van der Waals surface area (Å²) in [5.41, 5.74) is 1.62. The van der Waals surface area contributed by atoms with Gasteiger partial charge in [0, 0.05) is 23.4 Å². The van der Waals surface area contributed by atoms with Crippen LogP contribution in [0, 0.1) is 11.6 Å². The molecule has 1 unspecified atom stereocenters. The number of benzene rings is 3. The van der Waals surface area contributed by atoms with Gasteiger partial charge in [-0.25, -0.2) is 8.78 Å². The maximum atomic E-state index is 14.4. The molecular formula is C24H18F2N2O2S. The summed E-state index contributed by atoms with van der Waals surface area (Å²) in [6.45, 7) is 0.359. The van der Waals surface area contributed by atoms with Gasteiger partial charge in [0.25, 0.3) is 11.8 Å². The molecule has 1 spiro atoms. The van der Waals surface area contributed by atoms with Crippen LogP contribution in [0.2, 0.25) is 0 Å². The molecule has 0 aromatic heterocycles. The van der Waals surface area contributed by atoms with Crippen molar-refractivity contribution >= 4 is 29.3 Å². The normalized spacial score (nSPS) is 19.9. The van der Waals surface area contributed by atoms with Crippen LogP contribution in [0.25, 0.3) is 0 Å². The number of hydrogen-bond donors (Lipinski definition) is 0. The van der Waals surface area contributed by atoms with Gasteiger partial charge in [-0.2, -0.15) is 0 Å². The molecule has 1 fully saturated rings. The van der Waals surface area contributed by atoms with Crippen molar-refractivity contribution in [2.24, 2.45) is 0 Å². The zero-order valence-electron chi connectivity index (χ0n) is 16.4. The van der Waals surface area contributed by atoms with Crippen LogP contribution in [-0.2, 0) is 16.2 Å². The number of carbonyl (C=O) groups is 2. The quantitative estimate of drug-likeness (QED) is 0.605. The lowest BCUT2D eigenvalue weighted by atomic mass is 10.0. The van der Waals surface area contributed by atoms with Gasteiger partial charge in [0.1, 0.15) is 11.6 Å². The lowest BCUT2D eigenvalue weighted by Gasteiger charge is -2.33. The molecule has 3 aromatic rings. The second-order valence-electron chi connectivity index (χ2n) is 7.43. The van der Waals surface area contributed by atoms with Crippen LogP contribution in [0.15, 0.2) is 72.8 Å². The minimum atomic E-state index is -1.29. The predicted octanol–water partition coefficient (Wildman–Crippen LogP) is 4.55. The van der Waals surface area contributed by atoms with E-state index in [1.165, 1.54) is 45.8 Å². The molecule has 5 rings (SSSR count). The van der Waals surface area contributed by atoms with Gasteiger partial charge in [-0.3, -0.25) is 9.59 Å². The molecule has 2 aliphatic heterocycles. The lowest BCUT2D eigenvalue weighted by Crippen LogP contribution is -2.50. The molecule has 2 amide bonds. The Morgan fingerprint density at radius 2 is 1.61 bits per heavy atom. The van der Waals surface area contributed by atoms with E-state index in [0.29, 0.717) is 29.1 Å². The zero-order valence-corrected chi connectivity index (χ0v) is 17.2. The van der Waals surface area contributed by atoms with E-state index in [9.17, 15) is 18.4 Å². The number of hydrogen-bond acceptors (Lipinski definition) is 3. The second kappa shape index (κ2) is 7.50. The highest BCUT2D eigenvalue weighted by molar-refractivity contribution is 8.01. The number of rotatable bonds is 3. The average Bonchev–Trinajstić information content (AvgIpc) is 3.32. The summed E-state index contributed by atoms with van der Waals surface area (Å²) in [6, 6.07) is 19.3. The Morgan fingerprint density at radius 1 is 0.935 bits per heavy atom. The fourth-order valence-electron chi connectivity index (χ4n) is 4.30. The predicted molar refractivity (Wildman–Crippen MR) is 116 cm³/mol. The van der Waals surface area contributed by atoms with Gasteiger partial charge in [-0.15, -0.1) is 11.8 Å².